The Morgan fingerprint density at radius 3 is 2.64 bits per heavy atom. The summed E-state index contributed by atoms with van der Waals surface area (Å²) in [7, 11) is 1.44. The molecule has 22 heavy (non-hydrogen) atoms. The second-order valence-corrected chi connectivity index (χ2v) is 5.20. The summed E-state index contributed by atoms with van der Waals surface area (Å²) in [6.07, 6.45) is 2.10. The SMILES string of the molecule is C=CCc1cc(C(=O)Nc2ccc(S)cc2)cc(OC)c1O. The van der Waals surface area contributed by atoms with Gasteiger partial charge in [-0.3, -0.25) is 4.79 Å². The Balaban J connectivity index is 2.30. The van der Waals surface area contributed by atoms with Crippen LogP contribution in [0, 0.1) is 0 Å². The molecular weight excluding hydrogens is 298 g/mol. The third-order valence-corrected chi connectivity index (χ3v) is 3.42. The van der Waals surface area contributed by atoms with E-state index in [-0.39, 0.29) is 17.4 Å². The molecular formula is C17H17NO3S. The molecule has 0 aromatic heterocycles. The van der Waals surface area contributed by atoms with E-state index in [1.54, 1.807) is 36.4 Å². The molecule has 2 N–H and O–H groups in total. The van der Waals surface area contributed by atoms with Crippen LogP contribution in [0.5, 0.6) is 11.5 Å². The number of ether oxygens (including phenoxy) is 1. The summed E-state index contributed by atoms with van der Waals surface area (Å²) >= 11 is 4.20. The van der Waals surface area contributed by atoms with Crippen molar-refractivity contribution in [1.29, 1.82) is 0 Å². The van der Waals surface area contributed by atoms with Gasteiger partial charge in [-0.2, -0.15) is 0 Å². The van der Waals surface area contributed by atoms with E-state index in [9.17, 15) is 9.90 Å². The molecule has 114 valence electrons. The minimum atomic E-state index is -0.282. The minimum Gasteiger partial charge on any atom is -0.504 e. The van der Waals surface area contributed by atoms with E-state index < -0.39 is 0 Å². The summed E-state index contributed by atoms with van der Waals surface area (Å²) in [4.78, 5) is 13.2. The highest BCUT2D eigenvalue weighted by molar-refractivity contribution is 7.80. The summed E-state index contributed by atoms with van der Waals surface area (Å²) in [6.45, 7) is 3.64. The number of carbonyl (C=O) groups is 1. The first-order valence-electron chi connectivity index (χ1n) is 6.66. The maximum absolute atomic E-state index is 12.3. The fraction of sp³-hybridized carbons (Fsp3) is 0.118. The number of carbonyl (C=O) groups excluding carboxylic acids is 1. The lowest BCUT2D eigenvalue weighted by Crippen LogP contribution is -2.12. The number of aromatic hydroxyl groups is 1. The fourth-order valence-electron chi connectivity index (χ4n) is 2.01. The van der Waals surface area contributed by atoms with Crippen molar-refractivity contribution in [3.05, 3.63) is 60.2 Å². The largest absolute Gasteiger partial charge is 0.504 e. The number of anilines is 1. The van der Waals surface area contributed by atoms with Gasteiger partial charge in [0.05, 0.1) is 7.11 Å². The van der Waals surface area contributed by atoms with Gasteiger partial charge < -0.3 is 15.2 Å². The molecule has 2 aromatic rings. The van der Waals surface area contributed by atoms with Gasteiger partial charge in [-0.1, -0.05) is 6.08 Å². The van der Waals surface area contributed by atoms with Crippen molar-refractivity contribution in [3.63, 3.8) is 0 Å². The number of amides is 1. The van der Waals surface area contributed by atoms with Crippen molar-refractivity contribution < 1.29 is 14.6 Å². The highest BCUT2D eigenvalue weighted by Crippen LogP contribution is 2.32. The Hall–Kier alpha value is -2.40. The highest BCUT2D eigenvalue weighted by Gasteiger charge is 2.14. The average molecular weight is 315 g/mol. The van der Waals surface area contributed by atoms with Gasteiger partial charge in [-0.05, 0) is 42.8 Å². The smallest absolute Gasteiger partial charge is 0.255 e. The molecule has 0 aliphatic carbocycles. The monoisotopic (exact) mass is 315 g/mol. The molecule has 0 saturated carbocycles. The van der Waals surface area contributed by atoms with Crippen LogP contribution in [0.2, 0.25) is 0 Å². The molecule has 2 rings (SSSR count). The van der Waals surface area contributed by atoms with Crippen molar-refractivity contribution >= 4 is 24.2 Å². The van der Waals surface area contributed by atoms with E-state index in [1.165, 1.54) is 13.2 Å². The van der Waals surface area contributed by atoms with Crippen LogP contribution in [-0.2, 0) is 6.42 Å². The molecule has 1 amide bonds. The summed E-state index contributed by atoms with van der Waals surface area (Å²) in [5.41, 5.74) is 1.66. The molecule has 0 heterocycles. The first-order chi connectivity index (χ1) is 10.5. The Bertz CT molecular complexity index is 696. The summed E-state index contributed by atoms with van der Waals surface area (Å²) in [5.74, 6) is 0.00381. The zero-order valence-electron chi connectivity index (χ0n) is 12.2. The zero-order valence-corrected chi connectivity index (χ0v) is 13.1. The number of thiol groups is 1. The van der Waals surface area contributed by atoms with Gasteiger partial charge in [0.25, 0.3) is 5.91 Å². The normalized spacial score (nSPS) is 10.1. The molecule has 0 radical (unpaired) electrons. The van der Waals surface area contributed by atoms with E-state index >= 15 is 0 Å². The number of hydrogen-bond acceptors (Lipinski definition) is 4. The zero-order chi connectivity index (χ0) is 16.1. The molecule has 0 atom stereocenters. The fourth-order valence-corrected chi connectivity index (χ4v) is 2.16. The third kappa shape index (κ3) is 3.62. The summed E-state index contributed by atoms with van der Waals surface area (Å²) < 4.78 is 5.11. The number of phenolic OH excluding ortho intramolecular Hbond substituents is 1. The molecule has 5 heteroatoms. The standard InChI is InChI=1S/C17H17NO3S/c1-3-4-11-9-12(10-15(21-2)16(11)19)17(20)18-13-5-7-14(22)8-6-13/h3,5-10,19,22H,1,4H2,2H3,(H,18,20). The van der Waals surface area contributed by atoms with Gasteiger partial charge in [-0.15, -0.1) is 19.2 Å². The number of benzene rings is 2. The second kappa shape index (κ2) is 7.04. The van der Waals surface area contributed by atoms with E-state index in [4.69, 9.17) is 4.74 Å². The van der Waals surface area contributed by atoms with Crippen LogP contribution in [0.25, 0.3) is 0 Å². The van der Waals surface area contributed by atoms with Crippen LogP contribution in [-0.4, -0.2) is 18.1 Å². The molecule has 0 fully saturated rings. The molecule has 2 aromatic carbocycles. The van der Waals surface area contributed by atoms with Gasteiger partial charge >= 0.3 is 0 Å². The topological polar surface area (TPSA) is 58.6 Å². The van der Waals surface area contributed by atoms with Crippen LogP contribution >= 0.6 is 12.6 Å². The summed E-state index contributed by atoms with van der Waals surface area (Å²) in [5, 5.41) is 12.8. The van der Waals surface area contributed by atoms with Crippen LogP contribution in [0.1, 0.15) is 15.9 Å². The van der Waals surface area contributed by atoms with Crippen molar-refractivity contribution in [2.75, 3.05) is 12.4 Å². The Morgan fingerprint density at radius 2 is 2.05 bits per heavy atom. The first kappa shape index (κ1) is 16.0. The third-order valence-electron chi connectivity index (χ3n) is 3.13. The van der Waals surface area contributed by atoms with Gasteiger partial charge in [0, 0.05) is 21.7 Å². The van der Waals surface area contributed by atoms with Crippen molar-refractivity contribution in [1.82, 2.24) is 0 Å². The van der Waals surface area contributed by atoms with Gasteiger partial charge in [0.1, 0.15) is 0 Å². The van der Waals surface area contributed by atoms with Crippen molar-refractivity contribution in [3.8, 4) is 11.5 Å². The number of methoxy groups -OCH3 is 1. The molecule has 0 bridgehead atoms. The molecule has 0 spiro atoms. The van der Waals surface area contributed by atoms with Crippen LogP contribution in [0.4, 0.5) is 5.69 Å². The number of allylic oxidation sites excluding steroid dienone is 1. The van der Waals surface area contributed by atoms with E-state index in [0.717, 1.165) is 4.90 Å². The van der Waals surface area contributed by atoms with E-state index in [0.29, 0.717) is 23.2 Å². The van der Waals surface area contributed by atoms with Crippen LogP contribution in [0.3, 0.4) is 0 Å². The maximum Gasteiger partial charge on any atom is 0.255 e. The number of rotatable bonds is 5. The molecule has 0 aliphatic rings. The van der Waals surface area contributed by atoms with E-state index in [1.807, 2.05) is 0 Å². The predicted octanol–water partition coefficient (Wildman–Crippen LogP) is 3.67. The first-order valence-corrected chi connectivity index (χ1v) is 7.11. The molecule has 4 nitrogen and oxygen atoms in total. The lowest BCUT2D eigenvalue weighted by atomic mass is 10.0. The van der Waals surface area contributed by atoms with Crippen LogP contribution in [0.15, 0.2) is 53.9 Å². The lowest BCUT2D eigenvalue weighted by molar-refractivity contribution is 0.102. The molecule has 0 aliphatic heterocycles. The maximum atomic E-state index is 12.3. The average Bonchev–Trinajstić information content (AvgIpc) is 2.51. The Kier molecular flexibility index (Phi) is 5.12. The van der Waals surface area contributed by atoms with E-state index in [2.05, 4.69) is 24.5 Å². The Labute approximate surface area is 134 Å². The predicted molar refractivity (Wildman–Crippen MR) is 90.2 cm³/mol. The van der Waals surface area contributed by atoms with Gasteiger partial charge in [0.15, 0.2) is 11.5 Å². The number of hydrogen-bond donors (Lipinski definition) is 3. The highest BCUT2D eigenvalue weighted by atomic mass is 32.1. The second-order valence-electron chi connectivity index (χ2n) is 4.68. The number of phenols is 1. The summed E-state index contributed by atoms with van der Waals surface area (Å²) in [6, 6.07) is 10.2. The number of nitrogens with one attached hydrogen (secondary N) is 1. The quantitative estimate of drug-likeness (QED) is 0.583. The van der Waals surface area contributed by atoms with Crippen molar-refractivity contribution in [2.24, 2.45) is 0 Å². The van der Waals surface area contributed by atoms with Gasteiger partial charge in [0.2, 0.25) is 0 Å². The Morgan fingerprint density at radius 1 is 1.36 bits per heavy atom. The van der Waals surface area contributed by atoms with Crippen LogP contribution < -0.4 is 10.1 Å². The lowest BCUT2D eigenvalue weighted by Gasteiger charge is -2.11. The van der Waals surface area contributed by atoms with Gasteiger partial charge in [-0.25, -0.2) is 0 Å². The minimum absolute atomic E-state index is 0.0263. The molecule has 0 unspecified atom stereocenters. The molecule has 0 saturated heterocycles. The van der Waals surface area contributed by atoms with Crippen molar-refractivity contribution in [2.45, 2.75) is 11.3 Å².